The quantitative estimate of drug-likeness (QED) is 0.0783. The number of thiocarbonyl (C=S) groups is 1. The normalized spacial score (nSPS) is 21.8. The van der Waals surface area contributed by atoms with Crippen molar-refractivity contribution in [2.75, 3.05) is 6.61 Å². The number of thioether (sulfide) groups is 1. The van der Waals surface area contributed by atoms with Crippen LogP contribution in [0.2, 0.25) is 0 Å². The molecule has 5 atom stereocenters. The third-order valence-corrected chi connectivity index (χ3v) is 9.15. The van der Waals surface area contributed by atoms with E-state index in [1.807, 2.05) is 0 Å². The molecular weight excluding hydrogens is 550 g/mol. The van der Waals surface area contributed by atoms with E-state index >= 15 is 0 Å². The smallest absolute Gasteiger partial charge is 0.306 e. The molecule has 10 heteroatoms. The average Bonchev–Trinajstić information content (AvgIpc) is 3.57. The number of ether oxygens (including phenoxy) is 1. The van der Waals surface area contributed by atoms with Gasteiger partial charge >= 0.3 is 5.97 Å². The molecule has 2 aromatic carbocycles. The molecule has 2 bridgehead atoms. The summed E-state index contributed by atoms with van der Waals surface area (Å²) >= 11 is 6.22. The van der Waals surface area contributed by atoms with Gasteiger partial charge in [-0.2, -0.15) is 8.78 Å². The standard InChI is InChI=1S/C29H27F4NO3S2/c1-29(34-2,11-10-21(35)37-15-19-13-16-8-9-18(19)12-16)14-20(39-28(38)17-6-4-3-5-7-17)22-23(30)25(32)27(36)26(33)24(22)31/h3-9,16,18-20,36H,10-15H2,1H3. The van der Waals surface area contributed by atoms with E-state index in [0.717, 1.165) is 24.6 Å². The van der Waals surface area contributed by atoms with Gasteiger partial charge in [-0.15, -0.1) is 11.8 Å². The molecule has 0 aromatic heterocycles. The monoisotopic (exact) mass is 577 g/mol. The molecule has 0 heterocycles. The van der Waals surface area contributed by atoms with Crippen molar-refractivity contribution in [2.45, 2.75) is 49.8 Å². The maximum atomic E-state index is 15.0. The lowest BCUT2D eigenvalue weighted by atomic mass is 9.88. The Labute approximate surface area is 234 Å². The zero-order valence-electron chi connectivity index (χ0n) is 21.1. The lowest BCUT2D eigenvalue weighted by molar-refractivity contribution is -0.145. The van der Waals surface area contributed by atoms with E-state index in [-0.39, 0.29) is 29.4 Å². The first kappa shape index (κ1) is 29.1. The number of rotatable bonds is 10. The molecule has 1 N–H and O–H groups in total. The molecule has 2 aliphatic rings. The van der Waals surface area contributed by atoms with Crippen molar-refractivity contribution < 1.29 is 32.2 Å². The fourth-order valence-corrected chi connectivity index (χ4v) is 7.01. The predicted octanol–water partition coefficient (Wildman–Crippen LogP) is 7.70. The van der Waals surface area contributed by atoms with Gasteiger partial charge in [-0.3, -0.25) is 4.79 Å². The summed E-state index contributed by atoms with van der Waals surface area (Å²) in [7, 11) is 0. The second-order valence-electron chi connectivity index (χ2n) is 10.3. The number of nitrogens with zero attached hydrogens (tertiary/aromatic N) is 1. The fourth-order valence-electron chi connectivity index (χ4n) is 5.23. The molecule has 0 saturated heterocycles. The topological polar surface area (TPSA) is 50.9 Å². The van der Waals surface area contributed by atoms with Gasteiger partial charge < -0.3 is 14.7 Å². The predicted molar refractivity (Wildman–Crippen MR) is 145 cm³/mol. The lowest BCUT2D eigenvalue weighted by Gasteiger charge is -2.25. The van der Waals surface area contributed by atoms with E-state index in [1.54, 1.807) is 30.3 Å². The first-order chi connectivity index (χ1) is 18.5. The van der Waals surface area contributed by atoms with Crippen LogP contribution in [0, 0.1) is 47.6 Å². The molecule has 4 rings (SSSR count). The molecule has 206 valence electrons. The minimum absolute atomic E-state index is 0.00655. The van der Waals surface area contributed by atoms with E-state index in [4.69, 9.17) is 23.5 Å². The molecule has 0 radical (unpaired) electrons. The van der Waals surface area contributed by atoms with Crippen LogP contribution < -0.4 is 0 Å². The molecule has 4 nitrogen and oxygen atoms in total. The van der Waals surface area contributed by atoms with Crippen molar-refractivity contribution in [1.82, 2.24) is 0 Å². The summed E-state index contributed by atoms with van der Waals surface area (Å²) < 4.78 is 64.2. The number of fused-ring (bicyclic) bond motifs is 2. The van der Waals surface area contributed by atoms with Gasteiger partial charge in [0.15, 0.2) is 17.4 Å². The maximum Gasteiger partial charge on any atom is 0.306 e. The first-order valence-electron chi connectivity index (χ1n) is 12.6. The number of halogens is 4. The van der Waals surface area contributed by atoms with Crippen LogP contribution in [0.3, 0.4) is 0 Å². The number of allylic oxidation sites excluding steroid dienone is 2. The van der Waals surface area contributed by atoms with Crippen LogP contribution in [0.4, 0.5) is 17.6 Å². The van der Waals surface area contributed by atoms with Crippen LogP contribution in [0.15, 0.2) is 42.5 Å². The summed E-state index contributed by atoms with van der Waals surface area (Å²) in [5.74, 6) is -8.38. The largest absolute Gasteiger partial charge is 0.503 e. The lowest BCUT2D eigenvalue weighted by Crippen LogP contribution is -2.26. The van der Waals surface area contributed by atoms with Crippen molar-refractivity contribution in [1.29, 1.82) is 0 Å². The number of phenols is 1. The minimum atomic E-state index is -1.93. The Balaban J connectivity index is 1.51. The summed E-state index contributed by atoms with van der Waals surface area (Å²) in [6.07, 6.45) is 6.01. The second kappa shape index (κ2) is 12.1. The van der Waals surface area contributed by atoms with Gasteiger partial charge in [0, 0.05) is 30.6 Å². The van der Waals surface area contributed by atoms with Gasteiger partial charge in [-0.25, -0.2) is 15.4 Å². The average molecular weight is 578 g/mol. The van der Waals surface area contributed by atoms with Gasteiger partial charge in [0.25, 0.3) is 0 Å². The fraction of sp³-hybridized carbons (Fsp3) is 0.414. The second-order valence-corrected chi connectivity index (χ2v) is 12.2. The van der Waals surface area contributed by atoms with E-state index in [2.05, 4.69) is 17.0 Å². The van der Waals surface area contributed by atoms with Crippen molar-refractivity contribution >= 4 is 34.1 Å². The van der Waals surface area contributed by atoms with E-state index < -0.39 is 51.3 Å². The molecule has 2 aliphatic carbocycles. The van der Waals surface area contributed by atoms with Gasteiger partial charge in [-0.05, 0) is 36.2 Å². The third-order valence-electron chi connectivity index (χ3n) is 7.49. The summed E-state index contributed by atoms with van der Waals surface area (Å²) in [5.41, 5.74) is -1.76. The van der Waals surface area contributed by atoms with Crippen LogP contribution >= 0.6 is 24.0 Å². The maximum absolute atomic E-state index is 15.0. The van der Waals surface area contributed by atoms with E-state index in [0.29, 0.717) is 24.0 Å². The Hall–Kier alpha value is -2.90. The summed E-state index contributed by atoms with van der Waals surface area (Å²) in [6.45, 7) is 9.58. The van der Waals surface area contributed by atoms with Crippen molar-refractivity contribution in [3.8, 4) is 5.75 Å². The number of esters is 1. The van der Waals surface area contributed by atoms with Gasteiger partial charge in [0.05, 0.1) is 17.2 Å². The number of hydrogen-bond donors (Lipinski definition) is 1. The van der Waals surface area contributed by atoms with E-state index in [1.165, 1.54) is 6.92 Å². The molecule has 1 fully saturated rings. The highest BCUT2D eigenvalue weighted by Crippen LogP contribution is 2.46. The molecule has 0 spiro atoms. The van der Waals surface area contributed by atoms with Crippen molar-refractivity contribution in [3.63, 3.8) is 0 Å². The Morgan fingerprint density at radius 3 is 2.38 bits per heavy atom. The Bertz CT molecular complexity index is 1300. The molecular formula is C29H27F4NO3S2. The zero-order chi connectivity index (χ0) is 28.3. The van der Waals surface area contributed by atoms with Crippen LogP contribution in [-0.2, 0) is 9.53 Å². The van der Waals surface area contributed by atoms with Crippen LogP contribution in [0.25, 0.3) is 4.85 Å². The summed E-state index contributed by atoms with van der Waals surface area (Å²) in [5, 5.41) is 8.12. The minimum Gasteiger partial charge on any atom is -0.503 e. The van der Waals surface area contributed by atoms with Crippen molar-refractivity contribution in [2.24, 2.45) is 17.8 Å². The number of benzene rings is 2. The molecule has 39 heavy (non-hydrogen) atoms. The van der Waals surface area contributed by atoms with Crippen molar-refractivity contribution in [3.05, 3.63) is 88.3 Å². The van der Waals surface area contributed by atoms with Crippen LogP contribution in [-0.4, -0.2) is 27.4 Å². The Morgan fingerprint density at radius 1 is 1.15 bits per heavy atom. The molecule has 5 unspecified atom stereocenters. The highest BCUT2D eigenvalue weighted by Gasteiger charge is 2.41. The Morgan fingerprint density at radius 2 is 1.82 bits per heavy atom. The van der Waals surface area contributed by atoms with Gasteiger partial charge in [-0.1, -0.05) is 54.7 Å². The SMILES string of the molecule is [C-]#[N+]C(C)(CCC(=O)OCC1CC2C=CC1C2)CC(SC(=S)c1ccccc1)c1c(F)c(F)c(O)c(F)c1F. The summed E-state index contributed by atoms with van der Waals surface area (Å²) in [6, 6.07) is 8.52. The van der Waals surface area contributed by atoms with E-state index in [9.17, 15) is 27.5 Å². The number of carbonyl (C=O) groups excluding carboxylic acids is 1. The zero-order valence-corrected chi connectivity index (χ0v) is 22.8. The Kier molecular flexibility index (Phi) is 9.02. The molecule has 1 saturated carbocycles. The number of carbonyl (C=O) groups is 1. The highest BCUT2D eigenvalue weighted by molar-refractivity contribution is 8.23. The molecule has 0 amide bonds. The van der Waals surface area contributed by atoms with Crippen LogP contribution in [0.1, 0.15) is 55.4 Å². The van der Waals surface area contributed by atoms with Gasteiger partial charge in [0.2, 0.25) is 17.2 Å². The molecule has 0 aliphatic heterocycles. The molecule has 2 aromatic rings. The number of phenolic OH excluding ortho intramolecular Hbond substituents is 1. The highest BCUT2D eigenvalue weighted by atomic mass is 32.2. The van der Waals surface area contributed by atoms with Gasteiger partial charge in [0.1, 0.15) is 0 Å². The number of hydrogen-bond acceptors (Lipinski definition) is 5. The number of aromatic hydroxyl groups is 1. The first-order valence-corrected chi connectivity index (χ1v) is 13.8. The van der Waals surface area contributed by atoms with Crippen LogP contribution in [0.5, 0.6) is 5.75 Å². The third kappa shape index (κ3) is 6.47. The summed E-state index contributed by atoms with van der Waals surface area (Å²) in [4.78, 5) is 16.1.